The van der Waals surface area contributed by atoms with E-state index in [0.717, 1.165) is 30.2 Å². The van der Waals surface area contributed by atoms with Gasteiger partial charge in [-0.1, -0.05) is 62.4 Å². The van der Waals surface area contributed by atoms with Crippen molar-refractivity contribution in [3.8, 4) is 16.3 Å². The summed E-state index contributed by atoms with van der Waals surface area (Å²) >= 11 is 1.27. The van der Waals surface area contributed by atoms with Crippen molar-refractivity contribution in [1.29, 1.82) is 0 Å². The van der Waals surface area contributed by atoms with Gasteiger partial charge < -0.3 is 19.6 Å². The normalized spacial score (nSPS) is 15.6. The maximum atomic E-state index is 14.0. The number of aliphatic hydroxyl groups excluding tert-OH is 1. The lowest BCUT2D eigenvalue weighted by Gasteiger charge is -2.29. The summed E-state index contributed by atoms with van der Waals surface area (Å²) in [7, 11) is 1.56. The van der Waals surface area contributed by atoms with Crippen molar-refractivity contribution in [1.82, 2.24) is 14.8 Å². The number of carbonyl (C=O) groups excluding carboxylic acids is 2. The van der Waals surface area contributed by atoms with Crippen LogP contribution in [0.15, 0.2) is 65.9 Å². The predicted molar refractivity (Wildman–Crippen MR) is 146 cm³/mol. The number of benzene rings is 2. The number of thiazole rings is 1. The van der Waals surface area contributed by atoms with Crippen LogP contribution in [0, 0.1) is 6.92 Å². The molecule has 4 rings (SSSR count). The molecular weight excluding hydrogens is 486 g/mol. The second-order valence-corrected chi connectivity index (χ2v) is 9.91. The van der Waals surface area contributed by atoms with Gasteiger partial charge in [-0.05, 0) is 39.0 Å². The minimum absolute atomic E-state index is 0.0729. The van der Waals surface area contributed by atoms with E-state index in [0.29, 0.717) is 34.8 Å². The van der Waals surface area contributed by atoms with E-state index in [1.165, 1.54) is 11.3 Å². The summed E-state index contributed by atoms with van der Waals surface area (Å²) in [6, 6.07) is 16.2. The molecule has 1 aromatic heterocycles. The highest BCUT2D eigenvalue weighted by Crippen LogP contribution is 2.43. The fraction of sp³-hybridized carbons (Fsp3) is 0.345. The van der Waals surface area contributed by atoms with E-state index in [4.69, 9.17) is 4.74 Å². The summed E-state index contributed by atoms with van der Waals surface area (Å²) in [6.45, 7) is 9.04. The van der Waals surface area contributed by atoms with Gasteiger partial charge >= 0.3 is 0 Å². The molecule has 0 spiro atoms. The zero-order valence-corrected chi connectivity index (χ0v) is 22.5. The Balaban J connectivity index is 1.73. The van der Waals surface area contributed by atoms with E-state index in [9.17, 15) is 14.7 Å². The first-order chi connectivity index (χ1) is 17.9. The number of aliphatic hydroxyl groups is 1. The topological polar surface area (TPSA) is 83.0 Å². The second kappa shape index (κ2) is 11.7. The smallest absolute Gasteiger partial charge is 0.290 e. The van der Waals surface area contributed by atoms with Crippen molar-refractivity contribution in [2.24, 2.45) is 0 Å². The highest BCUT2D eigenvalue weighted by molar-refractivity contribution is 7.17. The lowest BCUT2D eigenvalue weighted by Crippen LogP contribution is -2.34. The molecule has 7 nitrogen and oxygen atoms in total. The lowest BCUT2D eigenvalue weighted by atomic mass is 9.94. The predicted octanol–water partition coefficient (Wildman–Crippen LogP) is 5.44. The molecule has 2 aromatic carbocycles. The van der Waals surface area contributed by atoms with E-state index in [-0.39, 0.29) is 11.4 Å². The first-order valence-electron chi connectivity index (χ1n) is 12.6. The largest absolute Gasteiger partial charge is 0.503 e. The molecule has 1 N–H and O–H groups in total. The first-order valence-corrected chi connectivity index (χ1v) is 13.4. The molecule has 0 fully saturated rings. The van der Waals surface area contributed by atoms with Gasteiger partial charge in [0.25, 0.3) is 5.91 Å². The number of rotatable bonds is 11. The number of para-hydroxylation sites is 1. The van der Waals surface area contributed by atoms with E-state index in [1.807, 2.05) is 48.5 Å². The highest BCUT2D eigenvalue weighted by Gasteiger charge is 2.45. The third-order valence-corrected chi connectivity index (χ3v) is 7.98. The van der Waals surface area contributed by atoms with Crippen LogP contribution < -0.4 is 4.74 Å². The monoisotopic (exact) mass is 519 g/mol. The number of amides is 1. The molecule has 1 unspecified atom stereocenters. The number of carbonyl (C=O) groups is 2. The molecule has 0 bridgehead atoms. The van der Waals surface area contributed by atoms with Gasteiger partial charge in [-0.15, -0.1) is 11.3 Å². The SMILES string of the molecule is CCN(CC)CCCN1C(=O)C(O)=C(C(=O)c2sc(-c3ccccc3)nc2C)C1c1ccccc1OC. The Kier molecular flexibility index (Phi) is 8.41. The lowest BCUT2D eigenvalue weighted by molar-refractivity contribution is -0.129. The molecule has 8 heteroatoms. The Morgan fingerprint density at radius 1 is 1.11 bits per heavy atom. The zero-order valence-electron chi connectivity index (χ0n) is 21.7. The number of ether oxygens (including phenoxy) is 1. The van der Waals surface area contributed by atoms with Crippen LogP contribution >= 0.6 is 11.3 Å². The maximum Gasteiger partial charge on any atom is 0.290 e. The summed E-state index contributed by atoms with van der Waals surface area (Å²) in [4.78, 5) is 36.3. The molecule has 0 saturated heterocycles. The number of aromatic nitrogens is 1. The average Bonchev–Trinajstić information content (AvgIpc) is 3.44. The first kappa shape index (κ1) is 26.6. The van der Waals surface area contributed by atoms with Gasteiger partial charge in [-0.2, -0.15) is 0 Å². The molecule has 1 aliphatic heterocycles. The Labute approximate surface area is 222 Å². The van der Waals surface area contributed by atoms with Gasteiger partial charge in [-0.25, -0.2) is 4.98 Å². The zero-order chi connectivity index (χ0) is 26.5. The van der Waals surface area contributed by atoms with Crippen molar-refractivity contribution in [3.05, 3.63) is 82.1 Å². The van der Waals surface area contributed by atoms with Crippen LogP contribution in [0.2, 0.25) is 0 Å². The fourth-order valence-corrected chi connectivity index (χ4v) is 5.80. The molecule has 0 saturated carbocycles. The molecule has 194 valence electrons. The summed E-state index contributed by atoms with van der Waals surface area (Å²) < 4.78 is 5.60. The summed E-state index contributed by atoms with van der Waals surface area (Å²) in [5.41, 5.74) is 2.22. The van der Waals surface area contributed by atoms with E-state index in [1.54, 1.807) is 25.0 Å². The minimum Gasteiger partial charge on any atom is -0.503 e. The maximum absolute atomic E-state index is 14.0. The van der Waals surface area contributed by atoms with Crippen LogP contribution in [-0.2, 0) is 4.79 Å². The molecule has 0 aliphatic carbocycles. The van der Waals surface area contributed by atoms with E-state index >= 15 is 0 Å². The molecule has 3 aromatic rings. The molecule has 2 heterocycles. The van der Waals surface area contributed by atoms with Gasteiger partial charge in [0, 0.05) is 17.7 Å². The average molecular weight is 520 g/mol. The van der Waals surface area contributed by atoms with Gasteiger partial charge in [0.05, 0.1) is 29.3 Å². The molecular formula is C29H33N3O4S. The second-order valence-electron chi connectivity index (χ2n) is 8.91. The molecule has 1 atom stereocenters. The van der Waals surface area contributed by atoms with Gasteiger partial charge in [0.1, 0.15) is 10.8 Å². The van der Waals surface area contributed by atoms with Gasteiger partial charge in [-0.3, -0.25) is 9.59 Å². The Hall–Kier alpha value is -3.49. The molecule has 37 heavy (non-hydrogen) atoms. The Morgan fingerprint density at radius 3 is 2.46 bits per heavy atom. The summed E-state index contributed by atoms with van der Waals surface area (Å²) in [6.07, 6.45) is 0.714. The van der Waals surface area contributed by atoms with Crippen molar-refractivity contribution in [3.63, 3.8) is 0 Å². The number of nitrogens with zero attached hydrogens (tertiary/aromatic N) is 3. The summed E-state index contributed by atoms with van der Waals surface area (Å²) in [5.74, 6) is -0.868. The van der Waals surface area contributed by atoms with Crippen LogP contribution in [0.1, 0.15) is 47.2 Å². The third kappa shape index (κ3) is 5.31. The molecule has 1 amide bonds. The quantitative estimate of drug-likeness (QED) is 0.340. The molecule has 1 aliphatic rings. The number of ketones is 1. The van der Waals surface area contributed by atoms with Crippen LogP contribution in [0.25, 0.3) is 10.6 Å². The summed E-state index contributed by atoms with van der Waals surface area (Å²) in [5, 5.41) is 11.8. The van der Waals surface area contributed by atoms with E-state index in [2.05, 4.69) is 23.7 Å². The minimum atomic E-state index is -0.755. The van der Waals surface area contributed by atoms with Crippen LogP contribution in [0.5, 0.6) is 5.75 Å². The standard InChI is InChI=1S/C29H33N3O4S/c1-5-31(6-2)17-12-18-32-24(21-15-10-11-16-22(21)36-4)23(26(34)29(32)35)25(33)27-19(3)30-28(37-27)20-13-8-7-9-14-20/h7-11,13-16,24,34H,5-6,12,17-18H2,1-4H3. The van der Waals surface area contributed by atoms with Crippen molar-refractivity contribution in [2.75, 3.05) is 33.3 Å². The number of hydrogen-bond donors (Lipinski definition) is 1. The highest BCUT2D eigenvalue weighted by atomic mass is 32.1. The number of methoxy groups -OCH3 is 1. The van der Waals surface area contributed by atoms with Gasteiger partial charge in [0.15, 0.2) is 5.76 Å². The fourth-order valence-electron chi connectivity index (χ4n) is 4.77. The van der Waals surface area contributed by atoms with Crippen LogP contribution in [0.4, 0.5) is 0 Å². The number of Topliss-reactive ketones (excluding diaryl/α,β-unsaturated/α-hetero) is 1. The number of hydrogen-bond acceptors (Lipinski definition) is 7. The van der Waals surface area contributed by atoms with Crippen LogP contribution in [-0.4, -0.2) is 64.9 Å². The molecule has 0 radical (unpaired) electrons. The van der Waals surface area contributed by atoms with Crippen molar-refractivity contribution >= 4 is 23.0 Å². The van der Waals surface area contributed by atoms with E-state index < -0.39 is 17.7 Å². The third-order valence-electron chi connectivity index (χ3n) is 6.77. The van der Waals surface area contributed by atoms with Gasteiger partial charge in [0.2, 0.25) is 5.78 Å². The van der Waals surface area contributed by atoms with Crippen molar-refractivity contribution < 1.29 is 19.4 Å². The number of aryl methyl sites for hydroxylation is 1. The van der Waals surface area contributed by atoms with Crippen molar-refractivity contribution in [2.45, 2.75) is 33.2 Å². The van der Waals surface area contributed by atoms with Crippen LogP contribution in [0.3, 0.4) is 0 Å². The Bertz CT molecular complexity index is 1300. The Morgan fingerprint density at radius 2 is 1.78 bits per heavy atom.